The van der Waals surface area contributed by atoms with Gasteiger partial charge in [-0.25, -0.2) is 14.2 Å². The molecule has 104 valence electrons. The van der Waals surface area contributed by atoms with Crippen molar-refractivity contribution in [3.8, 4) is 11.6 Å². The number of ether oxygens (including phenoxy) is 2. The lowest BCUT2D eigenvalue weighted by molar-refractivity contribution is 0.0597. The molecule has 1 aromatic carbocycles. The first-order chi connectivity index (χ1) is 9.51. The van der Waals surface area contributed by atoms with Crippen LogP contribution in [0.3, 0.4) is 0 Å². The molecule has 0 spiro atoms. The molecule has 1 aromatic heterocycles. The van der Waals surface area contributed by atoms with Gasteiger partial charge in [0.25, 0.3) is 0 Å². The number of esters is 1. The van der Waals surface area contributed by atoms with Crippen molar-refractivity contribution in [1.82, 2.24) is 4.98 Å². The number of rotatable bonds is 3. The number of carbonyl (C=O) groups is 1. The Morgan fingerprint density at radius 1 is 1.35 bits per heavy atom. The molecule has 0 aliphatic heterocycles. The maximum Gasteiger partial charge on any atom is 0.343 e. The lowest BCUT2D eigenvalue weighted by atomic mass is 10.2. The number of aromatic nitrogens is 1. The predicted molar refractivity (Wildman–Crippen MR) is 71.2 cm³/mol. The number of hydrogen-bond acceptors (Lipinski definition) is 5. The van der Waals surface area contributed by atoms with Gasteiger partial charge in [-0.05, 0) is 30.7 Å². The minimum Gasteiger partial charge on any atom is -0.465 e. The molecule has 0 unspecified atom stereocenters. The van der Waals surface area contributed by atoms with Crippen molar-refractivity contribution >= 4 is 11.7 Å². The van der Waals surface area contributed by atoms with Crippen molar-refractivity contribution in [2.75, 3.05) is 12.8 Å². The first kappa shape index (κ1) is 13.8. The smallest absolute Gasteiger partial charge is 0.343 e. The van der Waals surface area contributed by atoms with E-state index in [1.165, 1.54) is 31.5 Å². The number of benzene rings is 1. The number of carbonyl (C=O) groups excluding carboxylic acids is 1. The van der Waals surface area contributed by atoms with Gasteiger partial charge in [0.05, 0.1) is 19.0 Å². The van der Waals surface area contributed by atoms with Crippen LogP contribution in [0.1, 0.15) is 15.9 Å². The van der Waals surface area contributed by atoms with Crippen molar-refractivity contribution in [2.24, 2.45) is 0 Å². The number of methoxy groups -OCH3 is 1. The van der Waals surface area contributed by atoms with Crippen LogP contribution in [0.5, 0.6) is 11.6 Å². The van der Waals surface area contributed by atoms with E-state index in [9.17, 15) is 9.18 Å². The summed E-state index contributed by atoms with van der Waals surface area (Å²) in [6, 6.07) is 5.76. The van der Waals surface area contributed by atoms with Crippen LogP contribution in [0.4, 0.5) is 10.1 Å². The largest absolute Gasteiger partial charge is 0.465 e. The van der Waals surface area contributed by atoms with E-state index in [4.69, 9.17) is 10.5 Å². The van der Waals surface area contributed by atoms with Gasteiger partial charge in [-0.15, -0.1) is 0 Å². The van der Waals surface area contributed by atoms with Gasteiger partial charge in [-0.3, -0.25) is 0 Å². The molecule has 0 radical (unpaired) electrons. The number of nitrogens with two attached hydrogens (primary N) is 1. The predicted octanol–water partition coefficient (Wildman–Crippen LogP) is 2.69. The molecule has 6 heteroatoms. The minimum atomic E-state index is -0.659. The molecule has 2 N–H and O–H groups in total. The van der Waals surface area contributed by atoms with Crippen molar-refractivity contribution in [3.63, 3.8) is 0 Å². The Hall–Kier alpha value is -2.63. The highest BCUT2D eigenvalue weighted by atomic mass is 19.1. The van der Waals surface area contributed by atoms with Gasteiger partial charge in [-0.2, -0.15) is 0 Å². The zero-order chi connectivity index (χ0) is 14.7. The second-order valence-corrected chi connectivity index (χ2v) is 4.15. The van der Waals surface area contributed by atoms with Gasteiger partial charge in [-0.1, -0.05) is 6.07 Å². The summed E-state index contributed by atoms with van der Waals surface area (Å²) in [6.45, 7) is 1.80. The van der Waals surface area contributed by atoms with Gasteiger partial charge >= 0.3 is 5.97 Å². The van der Waals surface area contributed by atoms with Gasteiger partial charge in [0, 0.05) is 0 Å². The number of nitrogen functional groups attached to an aromatic ring is 1. The van der Waals surface area contributed by atoms with E-state index >= 15 is 0 Å². The van der Waals surface area contributed by atoms with Crippen molar-refractivity contribution < 1.29 is 18.7 Å². The standard InChI is InChI=1S/C14H13FN2O3/c1-8-3-4-11(15)12(5-8)20-13-10(14(18)19-2)6-9(16)7-17-13/h3-7H,16H2,1-2H3. The molecule has 20 heavy (non-hydrogen) atoms. The van der Waals surface area contributed by atoms with Crippen LogP contribution >= 0.6 is 0 Å². The number of pyridine rings is 1. The van der Waals surface area contributed by atoms with E-state index in [0.717, 1.165) is 5.56 Å². The maximum atomic E-state index is 13.7. The molecule has 0 aliphatic carbocycles. The van der Waals surface area contributed by atoms with Crippen molar-refractivity contribution in [3.05, 3.63) is 47.4 Å². The number of aryl methyl sites for hydroxylation is 1. The molecule has 1 heterocycles. The summed E-state index contributed by atoms with van der Waals surface area (Å²) in [5.41, 5.74) is 6.70. The molecule has 0 atom stereocenters. The third kappa shape index (κ3) is 2.85. The molecule has 2 aromatic rings. The lowest BCUT2D eigenvalue weighted by Crippen LogP contribution is -2.06. The summed E-state index contributed by atoms with van der Waals surface area (Å²) in [7, 11) is 1.22. The number of anilines is 1. The second kappa shape index (κ2) is 5.56. The van der Waals surface area contributed by atoms with Crippen LogP contribution < -0.4 is 10.5 Å². The molecule has 0 aliphatic rings. The van der Waals surface area contributed by atoms with Crippen LogP contribution in [0.2, 0.25) is 0 Å². The average molecular weight is 276 g/mol. The number of halogens is 1. The summed E-state index contributed by atoms with van der Waals surface area (Å²) in [6.07, 6.45) is 1.31. The first-order valence-electron chi connectivity index (χ1n) is 5.79. The SMILES string of the molecule is COC(=O)c1cc(N)cnc1Oc1cc(C)ccc1F. The molecule has 5 nitrogen and oxygen atoms in total. The monoisotopic (exact) mass is 276 g/mol. The molecule has 0 fully saturated rings. The third-order valence-electron chi connectivity index (χ3n) is 2.57. The fourth-order valence-electron chi connectivity index (χ4n) is 1.60. The molecular weight excluding hydrogens is 263 g/mol. The Kier molecular flexibility index (Phi) is 3.84. The minimum absolute atomic E-state index is 0.0209. The van der Waals surface area contributed by atoms with Crippen LogP contribution in [0.25, 0.3) is 0 Å². The zero-order valence-corrected chi connectivity index (χ0v) is 11.0. The van der Waals surface area contributed by atoms with Crippen molar-refractivity contribution in [1.29, 1.82) is 0 Å². The van der Waals surface area contributed by atoms with Crippen LogP contribution in [0, 0.1) is 12.7 Å². The van der Waals surface area contributed by atoms with Crippen LogP contribution in [-0.4, -0.2) is 18.1 Å². The second-order valence-electron chi connectivity index (χ2n) is 4.15. The third-order valence-corrected chi connectivity index (χ3v) is 2.57. The Morgan fingerprint density at radius 3 is 2.80 bits per heavy atom. The Balaban J connectivity index is 2.43. The Labute approximate surface area is 115 Å². The number of hydrogen-bond donors (Lipinski definition) is 1. The highest BCUT2D eigenvalue weighted by molar-refractivity contribution is 5.92. The van der Waals surface area contributed by atoms with Gasteiger partial charge in [0.1, 0.15) is 5.56 Å². The Morgan fingerprint density at radius 2 is 2.10 bits per heavy atom. The molecule has 2 rings (SSSR count). The molecule has 0 saturated heterocycles. The van der Waals surface area contributed by atoms with E-state index in [-0.39, 0.29) is 22.9 Å². The number of nitrogens with zero attached hydrogens (tertiary/aromatic N) is 1. The first-order valence-corrected chi connectivity index (χ1v) is 5.79. The molecule has 0 amide bonds. The summed E-state index contributed by atoms with van der Waals surface area (Å²) >= 11 is 0. The topological polar surface area (TPSA) is 74.4 Å². The van der Waals surface area contributed by atoms with E-state index in [0.29, 0.717) is 0 Å². The quantitative estimate of drug-likeness (QED) is 0.872. The van der Waals surface area contributed by atoms with Crippen LogP contribution in [0.15, 0.2) is 30.5 Å². The zero-order valence-electron chi connectivity index (χ0n) is 11.0. The maximum absolute atomic E-state index is 13.7. The molecule has 0 saturated carbocycles. The van der Waals surface area contributed by atoms with E-state index < -0.39 is 11.8 Å². The van der Waals surface area contributed by atoms with Gasteiger partial charge in [0.15, 0.2) is 11.6 Å². The normalized spacial score (nSPS) is 10.2. The molecule has 0 bridgehead atoms. The summed E-state index contributed by atoms with van der Waals surface area (Å²) in [5, 5.41) is 0. The summed E-state index contributed by atoms with van der Waals surface area (Å²) < 4.78 is 23.6. The fraction of sp³-hybridized carbons (Fsp3) is 0.143. The van der Waals surface area contributed by atoms with E-state index in [2.05, 4.69) is 9.72 Å². The lowest BCUT2D eigenvalue weighted by Gasteiger charge is -2.10. The molecular formula is C14H13FN2O3. The van der Waals surface area contributed by atoms with E-state index in [1.807, 2.05) is 0 Å². The fourth-order valence-corrected chi connectivity index (χ4v) is 1.60. The van der Waals surface area contributed by atoms with Crippen molar-refractivity contribution in [2.45, 2.75) is 6.92 Å². The van der Waals surface area contributed by atoms with Gasteiger partial charge in [0.2, 0.25) is 5.88 Å². The highest BCUT2D eigenvalue weighted by Gasteiger charge is 2.17. The van der Waals surface area contributed by atoms with E-state index in [1.54, 1.807) is 13.0 Å². The van der Waals surface area contributed by atoms with Gasteiger partial charge < -0.3 is 15.2 Å². The Bertz CT molecular complexity index is 659. The highest BCUT2D eigenvalue weighted by Crippen LogP contribution is 2.27. The summed E-state index contributed by atoms with van der Waals surface area (Å²) in [4.78, 5) is 15.5. The van der Waals surface area contributed by atoms with Crippen LogP contribution in [-0.2, 0) is 4.74 Å². The summed E-state index contributed by atoms with van der Waals surface area (Å²) in [5.74, 6) is -1.29. The average Bonchev–Trinajstić information content (AvgIpc) is 2.43.